The number of anilines is 1. The molecule has 1 aromatic carbocycles. The van der Waals surface area contributed by atoms with Crippen molar-refractivity contribution in [1.29, 1.82) is 0 Å². The topological polar surface area (TPSA) is 49.8 Å². The SMILES string of the molecule is CCN(CC)c1ccc(C(=O)OC)c(O)c1. The van der Waals surface area contributed by atoms with Gasteiger partial charge in [-0.05, 0) is 26.0 Å². The van der Waals surface area contributed by atoms with Crippen LogP contribution in [0.2, 0.25) is 0 Å². The van der Waals surface area contributed by atoms with Crippen LogP contribution in [0.3, 0.4) is 0 Å². The number of ether oxygens (including phenoxy) is 1. The molecule has 0 saturated heterocycles. The molecule has 0 amide bonds. The van der Waals surface area contributed by atoms with Gasteiger partial charge in [-0.1, -0.05) is 0 Å². The summed E-state index contributed by atoms with van der Waals surface area (Å²) in [6.07, 6.45) is 0. The van der Waals surface area contributed by atoms with Gasteiger partial charge in [0.25, 0.3) is 0 Å². The van der Waals surface area contributed by atoms with E-state index in [0.717, 1.165) is 18.8 Å². The van der Waals surface area contributed by atoms with Crippen molar-refractivity contribution in [3.8, 4) is 5.75 Å². The van der Waals surface area contributed by atoms with E-state index in [-0.39, 0.29) is 11.3 Å². The van der Waals surface area contributed by atoms with Crippen LogP contribution in [0, 0.1) is 0 Å². The molecular weight excluding hydrogens is 206 g/mol. The number of nitrogens with zero attached hydrogens (tertiary/aromatic N) is 1. The van der Waals surface area contributed by atoms with Crippen molar-refractivity contribution in [1.82, 2.24) is 0 Å². The Labute approximate surface area is 95.5 Å². The predicted octanol–water partition coefficient (Wildman–Crippen LogP) is 2.02. The number of hydrogen-bond acceptors (Lipinski definition) is 4. The second kappa shape index (κ2) is 5.39. The van der Waals surface area contributed by atoms with E-state index in [2.05, 4.69) is 9.64 Å². The lowest BCUT2D eigenvalue weighted by Gasteiger charge is -2.21. The van der Waals surface area contributed by atoms with Gasteiger partial charge in [-0.3, -0.25) is 0 Å². The van der Waals surface area contributed by atoms with E-state index < -0.39 is 5.97 Å². The number of phenols is 1. The molecule has 0 heterocycles. The highest BCUT2D eigenvalue weighted by Crippen LogP contribution is 2.25. The molecule has 0 fully saturated rings. The van der Waals surface area contributed by atoms with Gasteiger partial charge in [-0.15, -0.1) is 0 Å². The van der Waals surface area contributed by atoms with Gasteiger partial charge in [0.05, 0.1) is 7.11 Å². The molecule has 0 aromatic heterocycles. The number of benzene rings is 1. The fraction of sp³-hybridized carbons (Fsp3) is 0.417. The average molecular weight is 223 g/mol. The molecule has 0 aliphatic heterocycles. The Hall–Kier alpha value is -1.71. The van der Waals surface area contributed by atoms with Crippen LogP contribution in [-0.4, -0.2) is 31.3 Å². The summed E-state index contributed by atoms with van der Waals surface area (Å²) in [5.74, 6) is -0.570. The summed E-state index contributed by atoms with van der Waals surface area (Å²) < 4.78 is 4.56. The summed E-state index contributed by atoms with van der Waals surface area (Å²) >= 11 is 0. The maximum atomic E-state index is 11.3. The number of aromatic hydroxyl groups is 1. The van der Waals surface area contributed by atoms with Crippen LogP contribution in [0.1, 0.15) is 24.2 Å². The van der Waals surface area contributed by atoms with Gasteiger partial charge in [0.15, 0.2) is 0 Å². The van der Waals surface area contributed by atoms with Gasteiger partial charge in [0, 0.05) is 24.8 Å². The number of rotatable bonds is 4. The van der Waals surface area contributed by atoms with Gasteiger partial charge in [0.1, 0.15) is 11.3 Å². The minimum Gasteiger partial charge on any atom is -0.507 e. The molecule has 0 bridgehead atoms. The summed E-state index contributed by atoms with van der Waals surface area (Å²) in [5.41, 5.74) is 1.09. The highest BCUT2D eigenvalue weighted by molar-refractivity contribution is 5.92. The molecule has 4 heteroatoms. The number of hydrogen-bond donors (Lipinski definition) is 1. The molecule has 0 spiro atoms. The smallest absolute Gasteiger partial charge is 0.341 e. The standard InChI is InChI=1S/C12H17NO3/c1-4-13(5-2)9-6-7-10(11(14)8-9)12(15)16-3/h6-8,14H,4-5H2,1-3H3. The molecule has 16 heavy (non-hydrogen) atoms. The first kappa shape index (κ1) is 12.4. The number of esters is 1. The Bertz CT molecular complexity index is 373. The van der Waals surface area contributed by atoms with Gasteiger partial charge in [0.2, 0.25) is 0 Å². The molecule has 1 rings (SSSR count). The molecule has 0 radical (unpaired) electrons. The summed E-state index contributed by atoms with van der Waals surface area (Å²) in [6, 6.07) is 4.97. The van der Waals surface area contributed by atoms with Crippen molar-refractivity contribution in [2.45, 2.75) is 13.8 Å². The lowest BCUT2D eigenvalue weighted by Crippen LogP contribution is -2.21. The molecule has 0 atom stereocenters. The van der Waals surface area contributed by atoms with Crippen LogP contribution in [0.15, 0.2) is 18.2 Å². The van der Waals surface area contributed by atoms with E-state index in [0.29, 0.717) is 0 Å². The molecular formula is C12H17NO3. The average Bonchev–Trinajstić information content (AvgIpc) is 2.30. The third kappa shape index (κ3) is 2.45. The Balaban J connectivity index is 3.03. The highest BCUT2D eigenvalue weighted by atomic mass is 16.5. The quantitative estimate of drug-likeness (QED) is 0.793. The monoisotopic (exact) mass is 223 g/mol. The van der Waals surface area contributed by atoms with Crippen molar-refractivity contribution in [3.05, 3.63) is 23.8 Å². The Morgan fingerprint density at radius 1 is 1.38 bits per heavy atom. The van der Waals surface area contributed by atoms with E-state index in [1.165, 1.54) is 7.11 Å². The lowest BCUT2D eigenvalue weighted by molar-refractivity contribution is 0.0597. The number of carbonyl (C=O) groups excluding carboxylic acids is 1. The van der Waals surface area contributed by atoms with E-state index in [1.54, 1.807) is 18.2 Å². The van der Waals surface area contributed by atoms with Crippen molar-refractivity contribution >= 4 is 11.7 Å². The maximum absolute atomic E-state index is 11.3. The Morgan fingerprint density at radius 3 is 2.44 bits per heavy atom. The van der Waals surface area contributed by atoms with Crippen LogP contribution in [0.4, 0.5) is 5.69 Å². The minimum atomic E-state index is -0.524. The van der Waals surface area contributed by atoms with Crippen LogP contribution in [0.5, 0.6) is 5.75 Å². The third-order valence-electron chi connectivity index (χ3n) is 2.52. The molecule has 88 valence electrons. The van der Waals surface area contributed by atoms with Crippen molar-refractivity contribution in [3.63, 3.8) is 0 Å². The van der Waals surface area contributed by atoms with Gasteiger partial charge in [-0.2, -0.15) is 0 Å². The molecule has 4 nitrogen and oxygen atoms in total. The summed E-state index contributed by atoms with van der Waals surface area (Å²) in [4.78, 5) is 13.3. The normalized spacial score (nSPS) is 9.94. The van der Waals surface area contributed by atoms with Crippen molar-refractivity contribution in [2.75, 3.05) is 25.1 Å². The highest BCUT2D eigenvalue weighted by Gasteiger charge is 2.12. The number of carbonyl (C=O) groups is 1. The summed E-state index contributed by atoms with van der Waals surface area (Å²) in [5, 5.41) is 9.71. The molecule has 0 aliphatic rings. The Morgan fingerprint density at radius 2 is 2.00 bits per heavy atom. The van der Waals surface area contributed by atoms with Crippen molar-refractivity contribution < 1.29 is 14.6 Å². The van der Waals surface area contributed by atoms with Crippen LogP contribution in [-0.2, 0) is 4.74 Å². The van der Waals surface area contributed by atoms with E-state index >= 15 is 0 Å². The number of phenolic OH excluding ortho intramolecular Hbond substituents is 1. The lowest BCUT2D eigenvalue weighted by atomic mass is 10.1. The molecule has 0 aliphatic carbocycles. The predicted molar refractivity (Wildman–Crippen MR) is 63.0 cm³/mol. The third-order valence-corrected chi connectivity index (χ3v) is 2.52. The van der Waals surface area contributed by atoms with Gasteiger partial charge >= 0.3 is 5.97 Å². The first-order valence-electron chi connectivity index (χ1n) is 5.30. The van der Waals surface area contributed by atoms with E-state index in [1.807, 2.05) is 13.8 Å². The summed E-state index contributed by atoms with van der Waals surface area (Å²) in [7, 11) is 1.29. The van der Waals surface area contributed by atoms with Crippen LogP contribution in [0.25, 0.3) is 0 Å². The Kier molecular flexibility index (Phi) is 4.17. The second-order valence-electron chi connectivity index (χ2n) is 3.37. The first-order valence-corrected chi connectivity index (χ1v) is 5.30. The fourth-order valence-electron chi connectivity index (χ4n) is 1.59. The maximum Gasteiger partial charge on any atom is 0.341 e. The largest absolute Gasteiger partial charge is 0.507 e. The fourth-order valence-corrected chi connectivity index (χ4v) is 1.59. The van der Waals surface area contributed by atoms with Gasteiger partial charge in [-0.25, -0.2) is 4.79 Å². The van der Waals surface area contributed by atoms with Crippen LogP contribution >= 0.6 is 0 Å². The first-order chi connectivity index (χ1) is 7.63. The molecule has 1 aromatic rings. The zero-order chi connectivity index (χ0) is 12.1. The summed E-state index contributed by atoms with van der Waals surface area (Å²) in [6.45, 7) is 5.78. The van der Waals surface area contributed by atoms with E-state index in [4.69, 9.17) is 0 Å². The van der Waals surface area contributed by atoms with Gasteiger partial charge < -0.3 is 14.7 Å². The number of methoxy groups -OCH3 is 1. The van der Waals surface area contributed by atoms with E-state index in [9.17, 15) is 9.90 Å². The van der Waals surface area contributed by atoms with Crippen LogP contribution < -0.4 is 4.90 Å². The second-order valence-corrected chi connectivity index (χ2v) is 3.37. The zero-order valence-electron chi connectivity index (χ0n) is 9.86. The zero-order valence-corrected chi connectivity index (χ0v) is 9.86. The minimum absolute atomic E-state index is 0.0451. The molecule has 0 saturated carbocycles. The molecule has 0 unspecified atom stereocenters. The van der Waals surface area contributed by atoms with Crippen molar-refractivity contribution in [2.24, 2.45) is 0 Å². The molecule has 1 N–H and O–H groups in total.